The van der Waals surface area contributed by atoms with Gasteiger partial charge in [0.1, 0.15) is 12.9 Å². The largest absolute Gasteiger partial charge is 0.481 e. The third-order valence-electron chi connectivity index (χ3n) is 3.79. The highest BCUT2D eigenvalue weighted by molar-refractivity contribution is 7.98. The molecule has 0 fully saturated rings. The molecule has 8 heteroatoms. The van der Waals surface area contributed by atoms with Crippen LogP contribution in [-0.2, 0) is 9.63 Å². The summed E-state index contributed by atoms with van der Waals surface area (Å²) in [6.07, 6.45) is 5.13. The number of carbonyl (C=O) groups excluding carboxylic acids is 1. The van der Waals surface area contributed by atoms with E-state index in [1.165, 1.54) is 13.3 Å². The standard InChI is InChI=1S/C19H24ClN3O3S/c1-6-16(18(24)23-19(2,3)11-22-25-4)26-13-7-12-8-14(27-5)10-21-17(12)15(20)9-13/h7-11,16H,6H2,1-5H3,(H,23,24). The molecule has 1 amide bonds. The van der Waals surface area contributed by atoms with Gasteiger partial charge in [0.15, 0.2) is 6.10 Å². The summed E-state index contributed by atoms with van der Waals surface area (Å²) in [6.45, 7) is 5.53. The average molecular weight is 410 g/mol. The Morgan fingerprint density at radius 1 is 1.44 bits per heavy atom. The number of nitrogens with one attached hydrogen (secondary N) is 1. The second-order valence-electron chi connectivity index (χ2n) is 6.49. The zero-order valence-corrected chi connectivity index (χ0v) is 17.6. The summed E-state index contributed by atoms with van der Waals surface area (Å²) in [5.74, 6) is 0.287. The maximum absolute atomic E-state index is 12.6. The number of nitrogens with zero attached hydrogens (tertiary/aromatic N) is 2. The first-order valence-corrected chi connectivity index (χ1v) is 10.1. The number of rotatable bonds is 8. The summed E-state index contributed by atoms with van der Waals surface area (Å²) in [5, 5.41) is 7.96. The number of hydrogen-bond acceptors (Lipinski definition) is 6. The summed E-state index contributed by atoms with van der Waals surface area (Å²) >= 11 is 7.94. The van der Waals surface area contributed by atoms with Gasteiger partial charge in [0.05, 0.1) is 22.3 Å². The van der Waals surface area contributed by atoms with E-state index in [1.807, 2.05) is 39.2 Å². The van der Waals surface area contributed by atoms with Crippen LogP contribution in [0.4, 0.5) is 0 Å². The second kappa shape index (κ2) is 9.28. The molecule has 6 nitrogen and oxygen atoms in total. The molecular formula is C19H24ClN3O3S. The van der Waals surface area contributed by atoms with Crippen LogP contribution in [0.15, 0.2) is 34.4 Å². The van der Waals surface area contributed by atoms with Gasteiger partial charge in [0.25, 0.3) is 5.91 Å². The Balaban J connectivity index is 2.22. The fourth-order valence-electron chi connectivity index (χ4n) is 2.44. The van der Waals surface area contributed by atoms with Gasteiger partial charge in [0.2, 0.25) is 0 Å². The lowest BCUT2D eigenvalue weighted by Gasteiger charge is -2.25. The van der Waals surface area contributed by atoms with Crippen LogP contribution in [0.5, 0.6) is 5.75 Å². The Bertz CT molecular complexity index is 842. The Labute approximate surface area is 168 Å². The molecule has 1 aromatic carbocycles. The van der Waals surface area contributed by atoms with E-state index in [4.69, 9.17) is 16.3 Å². The van der Waals surface area contributed by atoms with Crippen molar-refractivity contribution in [3.63, 3.8) is 0 Å². The van der Waals surface area contributed by atoms with Crippen LogP contribution in [-0.4, -0.2) is 42.1 Å². The van der Waals surface area contributed by atoms with Crippen LogP contribution < -0.4 is 10.1 Å². The van der Waals surface area contributed by atoms with Gasteiger partial charge in [0, 0.05) is 22.5 Å². The van der Waals surface area contributed by atoms with Crippen molar-refractivity contribution in [1.29, 1.82) is 0 Å². The molecule has 0 aliphatic rings. The molecule has 0 bridgehead atoms. The van der Waals surface area contributed by atoms with Crippen LogP contribution in [0.3, 0.4) is 0 Å². The number of carbonyl (C=O) groups is 1. The van der Waals surface area contributed by atoms with Crippen LogP contribution >= 0.6 is 23.4 Å². The van der Waals surface area contributed by atoms with Gasteiger partial charge in [-0.05, 0) is 38.7 Å². The van der Waals surface area contributed by atoms with E-state index in [9.17, 15) is 4.79 Å². The first-order valence-electron chi connectivity index (χ1n) is 8.49. The SMILES string of the molecule is CCC(Oc1cc(Cl)c2ncc(SC)cc2c1)C(=O)NC(C)(C)C=NOC. The zero-order chi connectivity index (χ0) is 20.0. The molecule has 1 N–H and O–H groups in total. The zero-order valence-electron chi connectivity index (χ0n) is 16.1. The lowest BCUT2D eigenvalue weighted by Crippen LogP contribution is -2.50. The van der Waals surface area contributed by atoms with Crippen molar-refractivity contribution in [3.8, 4) is 5.75 Å². The molecule has 2 rings (SSSR count). The molecule has 1 aromatic heterocycles. The number of benzene rings is 1. The lowest BCUT2D eigenvalue weighted by molar-refractivity contribution is -0.129. The fourth-order valence-corrected chi connectivity index (χ4v) is 3.11. The maximum Gasteiger partial charge on any atom is 0.261 e. The number of aromatic nitrogens is 1. The van der Waals surface area contributed by atoms with Crippen molar-refractivity contribution < 1.29 is 14.4 Å². The monoisotopic (exact) mass is 409 g/mol. The van der Waals surface area contributed by atoms with E-state index in [-0.39, 0.29) is 5.91 Å². The van der Waals surface area contributed by atoms with E-state index >= 15 is 0 Å². The van der Waals surface area contributed by atoms with E-state index in [0.717, 1.165) is 10.3 Å². The van der Waals surface area contributed by atoms with Crippen molar-refractivity contribution in [3.05, 3.63) is 29.4 Å². The highest BCUT2D eigenvalue weighted by Crippen LogP contribution is 2.30. The number of oxime groups is 1. The van der Waals surface area contributed by atoms with E-state index in [2.05, 4.69) is 20.3 Å². The topological polar surface area (TPSA) is 72.8 Å². The minimum absolute atomic E-state index is 0.239. The van der Waals surface area contributed by atoms with Crippen molar-refractivity contribution in [2.24, 2.45) is 5.16 Å². The molecule has 146 valence electrons. The Morgan fingerprint density at radius 2 is 2.19 bits per heavy atom. The van der Waals surface area contributed by atoms with Gasteiger partial charge >= 0.3 is 0 Å². The first-order chi connectivity index (χ1) is 12.8. The van der Waals surface area contributed by atoms with Gasteiger partial charge < -0.3 is 14.9 Å². The Morgan fingerprint density at radius 3 is 2.81 bits per heavy atom. The molecule has 2 aromatic rings. The Kier molecular flexibility index (Phi) is 7.33. The van der Waals surface area contributed by atoms with Crippen LogP contribution in [0.2, 0.25) is 5.02 Å². The highest BCUT2D eigenvalue weighted by atomic mass is 35.5. The lowest BCUT2D eigenvalue weighted by atomic mass is 10.1. The van der Waals surface area contributed by atoms with Gasteiger partial charge in [-0.15, -0.1) is 11.8 Å². The van der Waals surface area contributed by atoms with Gasteiger partial charge in [-0.25, -0.2) is 0 Å². The Hall–Kier alpha value is -1.99. The van der Waals surface area contributed by atoms with Crippen molar-refractivity contribution in [1.82, 2.24) is 10.3 Å². The maximum atomic E-state index is 12.6. The summed E-state index contributed by atoms with van der Waals surface area (Å²) in [5.41, 5.74) is 0.0402. The number of amides is 1. The predicted octanol–water partition coefficient (Wildman–Crippen LogP) is 4.29. The molecule has 0 spiro atoms. The summed E-state index contributed by atoms with van der Waals surface area (Å²) in [7, 11) is 1.45. The number of thioether (sulfide) groups is 1. The van der Waals surface area contributed by atoms with Crippen LogP contribution in [0.25, 0.3) is 10.9 Å². The minimum Gasteiger partial charge on any atom is -0.481 e. The van der Waals surface area contributed by atoms with Gasteiger partial charge in [-0.2, -0.15) is 0 Å². The number of fused-ring (bicyclic) bond motifs is 1. The van der Waals surface area contributed by atoms with E-state index < -0.39 is 11.6 Å². The number of ether oxygens (including phenoxy) is 1. The molecule has 0 aliphatic carbocycles. The summed E-state index contributed by atoms with van der Waals surface area (Å²) in [6, 6.07) is 5.53. The van der Waals surface area contributed by atoms with Crippen LogP contribution in [0, 0.1) is 0 Å². The quantitative estimate of drug-likeness (QED) is 0.400. The molecule has 27 heavy (non-hydrogen) atoms. The normalized spacial score (nSPS) is 13.0. The van der Waals surface area contributed by atoms with Gasteiger partial charge in [-0.3, -0.25) is 9.78 Å². The van der Waals surface area contributed by atoms with E-state index in [1.54, 1.807) is 24.0 Å². The summed E-state index contributed by atoms with van der Waals surface area (Å²) < 4.78 is 5.93. The fraction of sp³-hybridized carbons (Fsp3) is 0.421. The third-order valence-corrected chi connectivity index (χ3v) is 4.77. The molecule has 1 heterocycles. The number of hydrogen-bond donors (Lipinski definition) is 1. The molecule has 1 atom stereocenters. The van der Waals surface area contributed by atoms with Crippen LogP contribution in [0.1, 0.15) is 27.2 Å². The minimum atomic E-state index is -0.665. The average Bonchev–Trinajstić information content (AvgIpc) is 2.63. The predicted molar refractivity (Wildman–Crippen MR) is 111 cm³/mol. The summed E-state index contributed by atoms with van der Waals surface area (Å²) in [4.78, 5) is 22.7. The second-order valence-corrected chi connectivity index (χ2v) is 7.78. The first kappa shape index (κ1) is 21.3. The van der Waals surface area contributed by atoms with Crippen molar-refractivity contribution >= 4 is 46.4 Å². The van der Waals surface area contributed by atoms with Crippen molar-refractivity contribution in [2.75, 3.05) is 13.4 Å². The molecular weight excluding hydrogens is 386 g/mol. The smallest absolute Gasteiger partial charge is 0.261 e. The number of halogens is 1. The number of pyridine rings is 1. The van der Waals surface area contributed by atoms with E-state index in [0.29, 0.717) is 22.7 Å². The molecule has 0 saturated carbocycles. The molecule has 0 radical (unpaired) electrons. The van der Waals surface area contributed by atoms with Gasteiger partial charge in [-0.1, -0.05) is 23.7 Å². The molecule has 0 aliphatic heterocycles. The van der Waals surface area contributed by atoms with Crippen molar-refractivity contribution in [2.45, 2.75) is 43.7 Å². The molecule has 0 saturated heterocycles. The highest BCUT2D eigenvalue weighted by Gasteiger charge is 2.25. The molecule has 1 unspecified atom stereocenters. The third kappa shape index (κ3) is 5.74.